The van der Waals surface area contributed by atoms with Crippen molar-refractivity contribution in [2.45, 2.75) is 23.8 Å². The van der Waals surface area contributed by atoms with Crippen LogP contribution < -0.4 is 20.1 Å². The number of rotatable bonds is 8. The topological polar surface area (TPSA) is 84.0 Å². The molecule has 1 unspecified atom stereocenters. The van der Waals surface area contributed by atoms with E-state index in [1.807, 2.05) is 18.2 Å². The van der Waals surface area contributed by atoms with Crippen LogP contribution in [0, 0.1) is 5.82 Å². The van der Waals surface area contributed by atoms with Crippen LogP contribution in [0.15, 0.2) is 78.1 Å². The molecule has 0 radical (unpaired) electrons. The minimum atomic E-state index is -0.447. The Morgan fingerprint density at radius 1 is 1.11 bits per heavy atom. The minimum absolute atomic E-state index is 0.282. The summed E-state index contributed by atoms with van der Waals surface area (Å²) in [6.07, 6.45) is 7.18. The lowest BCUT2D eigenvalue weighted by molar-refractivity contribution is 0.477. The minimum Gasteiger partial charge on any atom is -0.456 e. The summed E-state index contributed by atoms with van der Waals surface area (Å²) in [5.41, 5.74) is 1.67. The van der Waals surface area contributed by atoms with Crippen molar-refractivity contribution in [3.63, 3.8) is 0 Å². The van der Waals surface area contributed by atoms with Crippen LogP contribution in [0.25, 0.3) is 11.3 Å². The number of benzene rings is 2. The largest absolute Gasteiger partial charge is 0.456 e. The van der Waals surface area contributed by atoms with Crippen molar-refractivity contribution >= 4 is 35.2 Å². The highest BCUT2D eigenvalue weighted by Gasteiger charge is 2.16. The van der Waals surface area contributed by atoms with Crippen LogP contribution in [0.4, 0.5) is 16.0 Å². The first-order chi connectivity index (χ1) is 17.7. The fraction of sp³-hybridized carbons (Fsp3) is 0.192. The van der Waals surface area contributed by atoms with Crippen molar-refractivity contribution in [1.82, 2.24) is 20.3 Å². The predicted octanol–water partition coefficient (Wildman–Crippen LogP) is 6.41. The molecule has 3 heterocycles. The molecule has 0 spiro atoms. The second-order valence-corrected chi connectivity index (χ2v) is 9.46. The zero-order valence-electron chi connectivity index (χ0n) is 19.2. The summed E-state index contributed by atoms with van der Waals surface area (Å²) in [5.74, 6) is 0.972. The van der Waals surface area contributed by atoms with Crippen LogP contribution in [0.5, 0.6) is 11.5 Å². The molecule has 1 saturated heterocycles. The van der Waals surface area contributed by atoms with Crippen molar-refractivity contribution in [1.29, 1.82) is 0 Å². The van der Waals surface area contributed by atoms with Crippen LogP contribution in [0.3, 0.4) is 0 Å². The van der Waals surface area contributed by atoms with Crippen molar-refractivity contribution in [2.75, 3.05) is 23.1 Å². The molecule has 3 N–H and O–H groups in total. The van der Waals surface area contributed by atoms with E-state index in [0.29, 0.717) is 39.4 Å². The van der Waals surface area contributed by atoms with Gasteiger partial charge < -0.3 is 20.1 Å². The number of pyridine rings is 1. The van der Waals surface area contributed by atoms with Gasteiger partial charge >= 0.3 is 0 Å². The first-order valence-corrected chi connectivity index (χ1v) is 12.7. The fourth-order valence-corrected chi connectivity index (χ4v) is 4.75. The summed E-state index contributed by atoms with van der Waals surface area (Å²) in [5, 5.41) is 7.36. The van der Waals surface area contributed by atoms with Gasteiger partial charge in [0.2, 0.25) is 5.95 Å². The highest BCUT2D eigenvalue weighted by Crippen LogP contribution is 2.34. The molecule has 10 heteroatoms. The summed E-state index contributed by atoms with van der Waals surface area (Å²) in [6.45, 7) is 1.91. The van der Waals surface area contributed by atoms with Crippen LogP contribution >= 0.6 is 23.5 Å². The lowest BCUT2D eigenvalue weighted by Gasteiger charge is -2.23. The Balaban J connectivity index is 1.30. The van der Waals surface area contributed by atoms with Gasteiger partial charge in [0.25, 0.3) is 0 Å². The molecule has 1 aliphatic rings. The first kappa shape index (κ1) is 24.3. The summed E-state index contributed by atoms with van der Waals surface area (Å²) in [6, 6.07) is 15.8. The maximum absolute atomic E-state index is 14.8. The van der Waals surface area contributed by atoms with Gasteiger partial charge in [0.05, 0.1) is 22.0 Å². The van der Waals surface area contributed by atoms with Gasteiger partial charge in [-0.2, -0.15) is 0 Å². The number of hydrogen-bond donors (Lipinski definition) is 3. The molecule has 1 fully saturated rings. The van der Waals surface area contributed by atoms with Crippen molar-refractivity contribution < 1.29 is 9.13 Å². The molecule has 1 aliphatic heterocycles. The SMILES string of the molecule is Fc1cc(Oc2ccncc2-c2ccnc(NC3CCCNC3)n2)ccc1NSc1ccccc1Cl. The maximum Gasteiger partial charge on any atom is 0.223 e. The van der Waals surface area contributed by atoms with E-state index in [1.54, 1.807) is 48.9 Å². The smallest absolute Gasteiger partial charge is 0.223 e. The zero-order valence-corrected chi connectivity index (χ0v) is 20.8. The van der Waals surface area contributed by atoms with Crippen LogP contribution in [0.2, 0.25) is 5.02 Å². The molecule has 1 atom stereocenters. The number of nitrogens with zero attached hydrogens (tertiary/aromatic N) is 3. The Bertz CT molecular complexity index is 1340. The lowest BCUT2D eigenvalue weighted by Crippen LogP contribution is -2.38. The second kappa shape index (κ2) is 11.6. The Kier molecular flexibility index (Phi) is 7.80. The number of halogens is 2. The third-order valence-corrected chi connectivity index (χ3v) is 6.96. The van der Waals surface area contributed by atoms with Gasteiger partial charge in [0.15, 0.2) is 5.82 Å². The summed E-state index contributed by atoms with van der Waals surface area (Å²) in [7, 11) is 0. The first-order valence-electron chi connectivity index (χ1n) is 11.6. The molecule has 5 rings (SSSR count). The molecule has 7 nitrogen and oxygen atoms in total. The van der Waals surface area contributed by atoms with Gasteiger partial charge in [-0.25, -0.2) is 14.4 Å². The molecular weight excluding hydrogens is 499 g/mol. The van der Waals surface area contributed by atoms with E-state index < -0.39 is 5.82 Å². The van der Waals surface area contributed by atoms with Gasteiger partial charge in [-0.15, -0.1) is 0 Å². The van der Waals surface area contributed by atoms with Gasteiger partial charge in [-0.3, -0.25) is 4.98 Å². The van der Waals surface area contributed by atoms with E-state index in [1.165, 1.54) is 18.0 Å². The molecule has 0 bridgehead atoms. The third kappa shape index (κ3) is 6.04. The number of ether oxygens (including phenoxy) is 1. The highest BCUT2D eigenvalue weighted by molar-refractivity contribution is 8.00. The number of hydrogen-bond acceptors (Lipinski definition) is 8. The lowest BCUT2D eigenvalue weighted by atomic mass is 10.1. The Morgan fingerprint density at radius 3 is 2.86 bits per heavy atom. The molecule has 0 amide bonds. The molecular formula is C26H24ClFN6OS. The quantitative estimate of drug-likeness (QED) is 0.229. The average molecular weight is 523 g/mol. The highest BCUT2D eigenvalue weighted by atomic mass is 35.5. The van der Waals surface area contributed by atoms with Gasteiger partial charge in [0.1, 0.15) is 11.5 Å². The Hall–Kier alpha value is -3.40. The van der Waals surface area contributed by atoms with E-state index in [2.05, 4.69) is 30.3 Å². The van der Waals surface area contributed by atoms with Crippen LogP contribution in [-0.2, 0) is 0 Å². The van der Waals surface area contributed by atoms with E-state index in [4.69, 9.17) is 16.3 Å². The van der Waals surface area contributed by atoms with E-state index in [0.717, 1.165) is 30.8 Å². The monoisotopic (exact) mass is 522 g/mol. The summed E-state index contributed by atoms with van der Waals surface area (Å²) < 4.78 is 23.9. The van der Waals surface area contributed by atoms with Gasteiger partial charge in [-0.1, -0.05) is 23.7 Å². The van der Waals surface area contributed by atoms with Gasteiger partial charge in [-0.05, 0) is 67.7 Å². The Morgan fingerprint density at radius 2 is 2.03 bits per heavy atom. The third-order valence-electron chi connectivity index (χ3n) is 5.62. The predicted molar refractivity (Wildman–Crippen MR) is 142 cm³/mol. The fourth-order valence-electron chi connectivity index (χ4n) is 3.81. The van der Waals surface area contributed by atoms with E-state index >= 15 is 0 Å². The van der Waals surface area contributed by atoms with Crippen LogP contribution in [-0.4, -0.2) is 34.1 Å². The number of nitrogens with one attached hydrogen (secondary N) is 3. The molecule has 2 aromatic carbocycles. The number of aromatic nitrogens is 3. The van der Waals surface area contributed by atoms with Crippen LogP contribution in [0.1, 0.15) is 12.8 Å². The Labute approximate surface area is 218 Å². The standard InChI is InChI=1S/C26H24ClFN6OS/c27-20-5-1-2-6-25(20)36-34-23-8-7-18(14-21(23)28)35-24-10-12-30-16-19(24)22-9-13-31-26(33-22)32-17-4-3-11-29-15-17/h1-2,5-10,12-14,16-17,29,34H,3-4,11,15H2,(H,31,32,33). The molecule has 0 saturated carbocycles. The maximum atomic E-state index is 14.8. The summed E-state index contributed by atoms with van der Waals surface area (Å²) >= 11 is 7.42. The second-order valence-electron chi connectivity index (χ2n) is 8.20. The summed E-state index contributed by atoms with van der Waals surface area (Å²) in [4.78, 5) is 14.1. The van der Waals surface area contributed by atoms with Gasteiger partial charge in [0, 0.05) is 42.1 Å². The van der Waals surface area contributed by atoms with Crippen molar-refractivity contribution in [3.8, 4) is 22.8 Å². The molecule has 2 aromatic heterocycles. The molecule has 0 aliphatic carbocycles. The van der Waals surface area contributed by atoms with Crippen molar-refractivity contribution in [2.24, 2.45) is 0 Å². The average Bonchev–Trinajstić information content (AvgIpc) is 2.90. The molecule has 36 heavy (non-hydrogen) atoms. The molecule has 4 aromatic rings. The van der Waals surface area contributed by atoms with E-state index in [9.17, 15) is 4.39 Å². The van der Waals surface area contributed by atoms with Crippen molar-refractivity contribution in [3.05, 3.63) is 84.0 Å². The number of anilines is 2. The zero-order chi connectivity index (χ0) is 24.7. The number of piperidine rings is 1. The van der Waals surface area contributed by atoms with E-state index in [-0.39, 0.29) is 6.04 Å². The molecule has 184 valence electrons. The normalized spacial score (nSPS) is 15.3.